The maximum atomic E-state index is 14.3. The molecule has 38 heavy (non-hydrogen) atoms. The van der Waals surface area contributed by atoms with E-state index in [1.165, 1.54) is 6.92 Å². The number of rotatable bonds is 10. The van der Waals surface area contributed by atoms with Gasteiger partial charge in [-0.15, -0.1) is 0 Å². The zero-order chi connectivity index (χ0) is 30.8. The summed E-state index contributed by atoms with van der Waals surface area (Å²) in [6.07, 6.45) is -1.24. The highest BCUT2D eigenvalue weighted by Gasteiger charge is 2.96. The molecule has 0 heterocycles. The fourth-order valence-corrected chi connectivity index (χ4v) is 5.72. The van der Waals surface area contributed by atoms with E-state index in [2.05, 4.69) is 0 Å². The van der Waals surface area contributed by atoms with Crippen LogP contribution in [0.1, 0.15) is 26.2 Å². The number of sulfone groups is 1. The molecule has 0 spiro atoms. The van der Waals surface area contributed by atoms with E-state index in [-0.39, 0.29) is 17.6 Å². The fourth-order valence-electron chi connectivity index (χ4n) is 3.02. The molecule has 0 bridgehead atoms. The van der Waals surface area contributed by atoms with Crippen molar-refractivity contribution in [3.63, 3.8) is 0 Å². The zero-order valence-electron chi connectivity index (χ0n) is 17.9. The summed E-state index contributed by atoms with van der Waals surface area (Å²) in [7, 11) is -15.8. The number of carbonyl (C=O) groups excluding carboxylic acids is 1. The zero-order valence-corrected chi connectivity index (χ0v) is 19.5. The molecule has 23 heteroatoms. The lowest BCUT2D eigenvalue weighted by atomic mass is 9.97. The molecule has 0 aliphatic heterocycles. The maximum Gasteiger partial charge on any atom is 0.433 e. The highest BCUT2D eigenvalue weighted by Crippen LogP contribution is 2.68. The third kappa shape index (κ3) is 4.16. The van der Waals surface area contributed by atoms with Crippen molar-refractivity contribution >= 4 is 25.8 Å². The Morgan fingerprint density at radius 3 is 1.61 bits per heavy atom. The van der Waals surface area contributed by atoms with E-state index >= 15 is 0 Å². The summed E-state index contributed by atoms with van der Waals surface area (Å²) in [6, 6.07) is -0.497. The van der Waals surface area contributed by atoms with Gasteiger partial charge in [-0.2, -0.15) is 75.1 Å². The van der Waals surface area contributed by atoms with Gasteiger partial charge in [-0.1, -0.05) is 13.3 Å². The fraction of sp³-hybridized carbons (Fsp3) is 0.867. The molecule has 1 amide bonds. The van der Waals surface area contributed by atoms with Gasteiger partial charge in [0.05, 0.1) is 6.07 Å². The lowest BCUT2D eigenvalue weighted by Gasteiger charge is -2.34. The van der Waals surface area contributed by atoms with Crippen LogP contribution in [-0.4, -0.2) is 68.1 Å². The number of hydrogen-bond acceptors (Lipinski definition) is 6. The van der Waals surface area contributed by atoms with Crippen molar-refractivity contribution in [3.8, 4) is 6.07 Å². The minimum Gasteiger partial charge on any atom is -0.274 e. The lowest BCUT2D eigenvalue weighted by molar-refractivity contribution is -0.303. The average molecular weight is 630 g/mol. The molecule has 1 aliphatic rings. The maximum absolute atomic E-state index is 14.3. The molecule has 0 aromatic heterocycles. The monoisotopic (exact) mass is 630 g/mol. The van der Waals surface area contributed by atoms with Gasteiger partial charge >= 0.3 is 50.1 Å². The van der Waals surface area contributed by atoms with E-state index in [1.54, 1.807) is 0 Å². The van der Waals surface area contributed by atoms with Crippen molar-refractivity contribution in [3.05, 3.63) is 0 Å². The number of amides is 1. The summed E-state index contributed by atoms with van der Waals surface area (Å²) in [4.78, 5) is 11.3. The van der Waals surface area contributed by atoms with Crippen molar-refractivity contribution in [2.45, 2.75) is 71.6 Å². The smallest absolute Gasteiger partial charge is 0.274 e. The molecule has 1 aliphatic carbocycles. The summed E-state index contributed by atoms with van der Waals surface area (Å²) < 4.78 is 241. The average Bonchev–Trinajstić information content (AvgIpc) is 2.80. The van der Waals surface area contributed by atoms with Crippen LogP contribution in [0.2, 0.25) is 0 Å². The van der Waals surface area contributed by atoms with Crippen LogP contribution in [0, 0.1) is 17.2 Å². The summed E-state index contributed by atoms with van der Waals surface area (Å²) in [5, 5.41) is -12.1. The van der Waals surface area contributed by atoms with Gasteiger partial charge in [-0.3, -0.25) is 4.79 Å². The molecule has 1 N–H and O–H groups in total. The van der Waals surface area contributed by atoms with Crippen LogP contribution < -0.4 is 4.72 Å². The summed E-state index contributed by atoms with van der Waals surface area (Å²) in [6.45, 7) is 1.34. The Kier molecular flexibility index (Phi) is 8.23. The third-order valence-electron chi connectivity index (χ3n) is 5.21. The molecule has 0 saturated heterocycles. The second kappa shape index (κ2) is 9.22. The van der Waals surface area contributed by atoms with Gasteiger partial charge in [-0.25, -0.2) is 13.1 Å². The highest BCUT2D eigenvalue weighted by atomic mass is 32.2. The quantitative estimate of drug-likeness (QED) is 0.366. The van der Waals surface area contributed by atoms with Crippen LogP contribution in [0.3, 0.4) is 0 Å². The number of nitrogens with zero attached hydrogens (tertiary/aromatic N) is 1. The minimum atomic E-state index is -8.45. The minimum absolute atomic E-state index is 0.0560. The van der Waals surface area contributed by atoms with E-state index < -0.39 is 89.5 Å². The largest absolute Gasteiger partial charge is 0.433 e. The Bertz CT molecular complexity index is 1180. The van der Waals surface area contributed by atoms with E-state index in [1.807, 2.05) is 0 Å². The lowest BCUT2D eigenvalue weighted by Crippen LogP contribution is -2.65. The number of nitrogens with one attached hydrogen (secondary N) is 1. The second-order valence-electron chi connectivity index (χ2n) is 7.71. The first kappa shape index (κ1) is 33.9. The summed E-state index contributed by atoms with van der Waals surface area (Å²) >= 11 is 0. The molecular weight excluding hydrogens is 618 g/mol. The number of hydrogen-bond donors (Lipinski definition) is 1. The van der Waals surface area contributed by atoms with E-state index in [0.717, 1.165) is 0 Å². The molecule has 1 atom stereocenters. The van der Waals surface area contributed by atoms with Gasteiger partial charge in [0.2, 0.25) is 15.7 Å². The number of halogens is 14. The van der Waals surface area contributed by atoms with E-state index in [4.69, 9.17) is 5.26 Å². The van der Waals surface area contributed by atoms with Gasteiger partial charge < -0.3 is 0 Å². The highest BCUT2D eigenvalue weighted by molar-refractivity contribution is 7.93. The van der Waals surface area contributed by atoms with Gasteiger partial charge in [0.1, 0.15) is 5.92 Å². The molecule has 1 unspecified atom stereocenters. The number of nitriles is 1. The van der Waals surface area contributed by atoms with Crippen LogP contribution in [0.25, 0.3) is 0 Å². The summed E-state index contributed by atoms with van der Waals surface area (Å²) in [5.41, 5.74) is 0. The third-order valence-corrected chi connectivity index (χ3v) is 8.65. The summed E-state index contributed by atoms with van der Waals surface area (Å²) in [5.74, 6) is -44.5. The van der Waals surface area contributed by atoms with Crippen LogP contribution in [0.15, 0.2) is 0 Å². The van der Waals surface area contributed by atoms with Gasteiger partial charge in [-0.05, 0) is 6.42 Å². The number of unbranched alkanes of at least 4 members (excludes halogenated alkanes) is 1. The molecule has 7 nitrogen and oxygen atoms in total. The molecule has 222 valence electrons. The first-order valence-corrected chi connectivity index (χ1v) is 12.4. The van der Waals surface area contributed by atoms with Crippen molar-refractivity contribution < 1.29 is 83.1 Å². The van der Waals surface area contributed by atoms with Crippen LogP contribution >= 0.6 is 0 Å². The van der Waals surface area contributed by atoms with E-state index in [9.17, 15) is 83.1 Å². The van der Waals surface area contributed by atoms with Gasteiger partial charge in [0.25, 0.3) is 0 Å². The van der Waals surface area contributed by atoms with Gasteiger partial charge in [0.15, 0.2) is 5.25 Å². The molecule has 1 saturated carbocycles. The molecule has 1 fully saturated rings. The number of alkyl halides is 14. The van der Waals surface area contributed by atoms with Crippen molar-refractivity contribution in [2.24, 2.45) is 5.92 Å². The van der Waals surface area contributed by atoms with Crippen molar-refractivity contribution in [1.82, 2.24) is 4.72 Å². The van der Waals surface area contributed by atoms with E-state index in [0.29, 0.717) is 0 Å². The molecule has 1 rings (SSSR count). The first-order valence-electron chi connectivity index (χ1n) is 9.35. The number of sulfonamides is 1. The Hall–Kier alpha value is -2.12. The topological polar surface area (TPSA) is 121 Å². The molecule has 0 aromatic carbocycles. The second-order valence-corrected chi connectivity index (χ2v) is 11.5. The predicted octanol–water partition coefficient (Wildman–Crippen LogP) is 3.92. The normalized spacial score (nSPS) is 22.5. The van der Waals surface area contributed by atoms with Crippen molar-refractivity contribution in [2.75, 3.05) is 0 Å². The first-order chi connectivity index (χ1) is 16.5. The Morgan fingerprint density at radius 1 is 0.868 bits per heavy atom. The van der Waals surface area contributed by atoms with Crippen LogP contribution in [-0.2, 0) is 24.7 Å². The Morgan fingerprint density at radius 2 is 1.26 bits per heavy atom. The SMILES string of the molecule is CCCCC(=O)NS(=O)(=O)C(F)(F)C(F)(F)C(F)(F)S(=O)(=O)C(C#N)C1C(F)(F)C(F)(F)C(F)(F)C1(F)F. The van der Waals surface area contributed by atoms with Crippen molar-refractivity contribution in [1.29, 1.82) is 5.26 Å². The van der Waals surface area contributed by atoms with Crippen LogP contribution in [0.5, 0.6) is 0 Å². The van der Waals surface area contributed by atoms with Crippen LogP contribution in [0.4, 0.5) is 61.5 Å². The molecule has 0 radical (unpaired) electrons. The Labute approximate surface area is 203 Å². The molecular formula is C15H12F14N2O5S2. The number of carbonyl (C=O) groups is 1. The predicted molar refractivity (Wildman–Crippen MR) is 93.0 cm³/mol. The molecule has 0 aromatic rings. The standard InChI is InChI=1S/C15H12F14N2O5S2/c1-2-3-4-7(32)31-38(35,36)15(28,29)13(24,25)14(26,27)37(33,34)6(5-30)8-9(16,17)11(20,21)12(22,23)10(8,18)19/h6,8H,2-4H2,1H3,(H,31,32). The Balaban J connectivity index is 3.77. The van der Waals surface area contributed by atoms with Gasteiger partial charge in [0, 0.05) is 6.42 Å².